The van der Waals surface area contributed by atoms with Gasteiger partial charge in [-0.05, 0) is 29.8 Å². The van der Waals surface area contributed by atoms with Crippen LogP contribution in [0, 0.1) is 0 Å². The first kappa shape index (κ1) is 22.4. The van der Waals surface area contributed by atoms with Crippen molar-refractivity contribution in [1.82, 2.24) is 4.57 Å². The van der Waals surface area contributed by atoms with Gasteiger partial charge >= 0.3 is 15.6 Å². The maximum absolute atomic E-state index is 10.9. The van der Waals surface area contributed by atoms with Crippen LogP contribution >= 0.6 is 0 Å². The molecule has 0 spiro atoms. The molecule has 0 radical (unpaired) electrons. The van der Waals surface area contributed by atoms with E-state index in [1.165, 1.54) is 16.8 Å². The highest BCUT2D eigenvalue weighted by Gasteiger charge is 2.44. The van der Waals surface area contributed by atoms with Crippen molar-refractivity contribution in [1.29, 1.82) is 0 Å². The number of halogens is 3. The number of para-hydroxylation sites is 1. The lowest BCUT2D eigenvalue weighted by atomic mass is 9.99. The zero-order valence-corrected chi connectivity index (χ0v) is 16.4. The highest BCUT2D eigenvalue weighted by molar-refractivity contribution is 7.86. The van der Waals surface area contributed by atoms with Gasteiger partial charge in [0.2, 0.25) is 0 Å². The van der Waals surface area contributed by atoms with Crippen LogP contribution in [-0.2, 0) is 17.2 Å². The number of aldehydes is 1. The third-order valence-corrected chi connectivity index (χ3v) is 4.84. The summed E-state index contributed by atoms with van der Waals surface area (Å²) in [5, 5.41) is 0. The van der Waals surface area contributed by atoms with E-state index in [0.29, 0.717) is 5.69 Å². The van der Waals surface area contributed by atoms with Crippen molar-refractivity contribution in [3.63, 3.8) is 0 Å². The lowest BCUT2D eigenvalue weighted by molar-refractivity contribution is -0.0510. The number of benzene rings is 1. The fourth-order valence-electron chi connectivity index (χ4n) is 2.66. The molecule has 1 N–H and O–H groups in total. The highest BCUT2D eigenvalue weighted by Crippen LogP contribution is 2.31. The normalized spacial score (nSPS) is 14.1. The quantitative estimate of drug-likeness (QED) is 0.457. The van der Waals surface area contributed by atoms with E-state index in [0.717, 1.165) is 18.5 Å². The second-order valence-electron chi connectivity index (χ2n) is 6.17. The maximum Gasteiger partial charge on any atom is 0.522 e. The minimum absolute atomic E-state index is 0.687. The van der Waals surface area contributed by atoms with Crippen LogP contribution in [0.25, 0.3) is 11.6 Å². The largest absolute Gasteiger partial charge is 0.522 e. The molecule has 0 amide bonds. The Balaban J connectivity index is 0.000000321. The molecule has 1 aromatic heterocycles. The Bertz CT molecular complexity index is 1050. The van der Waals surface area contributed by atoms with Crippen LogP contribution in [0.3, 0.4) is 0 Å². The zero-order chi connectivity index (χ0) is 21.8. The van der Waals surface area contributed by atoms with Crippen LogP contribution in [0.2, 0.25) is 0 Å². The molecule has 6 nitrogen and oxygen atoms in total. The van der Waals surface area contributed by atoms with E-state index < -0.39 is 15.6 Å². The van der Waals surface area contributed by atoms with Gasteiger partial charge in [0.25, 0.3) is 0 Å². The molecule has 0 aliphatic carbocycles. The van der Waals surface area contributed by atoms with Gasteiger partial charge in [0.05, 0.1) is 5.69 Å². The summed E-state index contributed by atoms with van der Waals surface area (Å²) < 4.78 is 59.4. The Hall–Kier alpha value is -2.85. The summed E-state index contributed by atoms with van der Waals surface area (Å²) in [5.41, 5.74) is -0.112. The summed E-state index contributed by atoms with van der Waals surface area (Å²) in [6, 6.07) is 12.2. The second-order valence-corrected chi connectivity index (χ2v) is 7.58. The first-order valence-corrected chi connectivity index (χ1v) is 9.73. The van der Waals surface area contributed by atoms with Gasteiger partial charge in [-0.25, -0.2) is 0 Å². The van der Waals surface area contributed by atoms with Crippen molar-refractivity contribution < 1.29 is 30.9 Å². The summed E-state index contributed by atoms with van der Waals surface area (Å²) >= 11 is 0. The number of aromatic nitrogens is 1. The summed E-state index contributed by atoms with van der Waals surface area (Å²) in [6.07, 6.45) is 7.28. The Labute approximate surface area is 166 Å². The van der Waals surface area contributed by atoms with Crippen LogP contribution < -0.4 is 4.90 Å². The smallest absolute Gasteiger partial charge is 0.370 e. The summed E-state index contributed by atoms with van der Waals surface area (Å²) in [5.74, 6) is 0. The molecule has 2 heterocycles. The van der Waals surface area contributed by atoms with E-state index in [4.69, 9.17) is 13.0 Å². The number of rotatable bonds is 3. The summed E-state index contributed by atoms with van der Waals surface area (Å²) in [6.45, 7) is 0.906. The number of likely N-dealkylation sites (N-methyl/N-ethyl adjacent to an activating group) is 1. The van der Waals surface area contributed by atoms with E-state index in [9.17, 15) is 18.0 Å². The number of allylic oxidation sites excluding steroid dienone is 2. The third kappa shape index (κ3) is 5.36. The third-order valence-electron chi connectivity index (χ3n) is 4.26. The molecule has 1 aliphatic heterocycles. The van der Waals surface area contributed by atoms with Crippen LogP contribution in [0.4, 0.5) is 18.9 Å². The fourth-order valence-corrected chi connectivity index (χ4v) is 2.66. The van der Waals surface area contributed by atoms with Crippen molar-refractivity contribution >= 4 is 33.7 Å². The van der Waals surface area contributed by atoms with Gasteiger partial charge in [0.1, 0.15) is 0 Å². The van der Waals surface area contributed by atoms with Gasteiger partial charge in [-0.3, -0.25) is 9.35 Å². The Kier molecular flexibility index (Phi) is 6.70. The number of carbonyl (C=O) groups excluding carboxylic acids is 1. The van der Waals surface area contributed by atoms with Crippen LogP contribution in [0.15, 0.2) is 48.6 Å². The molecule has 29 heavy (non-hydrogen) atoms. The van der Waals surface area contributed by atoms with Gasteiger partial charge in [0.15, 0.2) is 6.29 Å². The first-order valence-electron chi connectivity index (χ1n) is 8.29. The average Bonchev–Trinajstić information content (AvgIpc) is 3.00. The molecule has 1 aromatic carbocycles. The highest BCUT2D eigenvalue weighted by atomic mass is 32.2. The average molecular weight is 428 g/mol. The van der Waals surface area contributed by atoms with Crippen LogP contribution in [0.1, 0.15) is 21.7 Å². The maximum atomic E-state index is 10.9. The van der Waals surface area contributed by atoms with E-state index in [1.54, 1.807) is 0 Å². The van der Waals surface area contributed by atoms with E-state index in [2.05, 4.69) is 54.4 Å². The molecule has 0 atom stereocenters. The Morgan fingerprint density at radius 2 is 1.62 bits per heavy atom. The summed E-state index contributed by atoms with van der Waals surface area (Å²) in [4.78, 5) is 13.1. The van der Waals surface area contributed by atoms with Gasteiger partial charge in [-0.2, -0.15) is 21.6 Å². The van der Waals surface area contributed by atoms with Crippen molar-refractivity contribution in [3.8, 4) is 0 Å². The van der Waals surface area contributed by atoms with Crippen molar-refractivity contribution in [3.05, 3.63) is 65.5 Å². The lowest BCUT2D eigenvalue weighted by Crippen LogP contribution is -2.21. The fraction of sp³-hybridized carbons (Fsp3) is 0.211. The predicted molar refractivity (Wildman–Crippen MR) is 105 cm³/mol. The monoisotopic (exact) mass is 428 g/mol. The van der Waals surface area contributed by atoms with Crippen LogP contribution in [0.5, 0.6) is 0 Å². The Morgan fingerprint density at radius 1 is 1.03 bits per heavy atom. The molecule has 156 valence electrons. The molecule has 2 aromatic rings. The van der Waals surface area contributed by atoms with Crippen molar-refractivity contribution in [2.45, 2.75) is 5.51 Å². The van der Waals surface area contributed by atoms with Crippen molar-refractivity contribution in [2.75, 3.05) is 18.5 Å². The number of carbonyl (C=O) groups is 1. The number of hydrogen-bond acceptors (Lipinski definition) is 4. The van der Waals surface area contributed by atoms with E-state index in [-0.39, 0.29) is 0 Å². The molecule has 0 saturated carbocycles. The molecule has 1 aliphatic rings. The molecule has 3 rings (SSSR count). The second kappa shape index (κ2) is 8.66. The molecule has 0 saturated heterocycles. The van der Waals surface area contributed by atoms with Gasteiger partial charge in [-0.15, -0.1) is 0 Å². The molecule has 0 fully saturated rings. The minimum atomic E-state index is -5.84. The standard InChI is InChI=1S/C18H18N2O.CHF3O3S/c1-19-12-11-14(17-5-3-4-6-18(17)19)7-8-15-9-10-16(13-21)20(15)2;2-1(3,4)8(5,6)7/h3-11,13H,12H2,1-2H3;(H,5,6,7). The van der Waals surface area contributed by atoms with Gasteiger partial charge in [0, 0.05) is 37.6 Å². The molecular weight excluding hydrogens is 409 g/mol. The predicted octanol–water partition coefficient (Wildman–Crippen LogP) is 3.78. The minimum Gasteiger partial charge on any atom is -0.370 e. The summed E-state index contributed by atoms with van der Waals surface area (Å²) in [7, 11) is -1.84. The number of fused-ring (bicyclic) bond motifs is 1. The molecule has 0 unspecified atom stereocenters. The Morgan fingerprint density at radius 3 is 2.17 bits per heavy atom. The van der Waals surface area contributed by atoms with Crippen LogP contribution in [-0.4, -0.2) is 42.9 Å². The van der Waals surface area contributed by atoms with Crippen molar-refractivity contribution in [2.24, 2.45) is 7.05 Å². The molecule has 10 heteroatoms. The van der Waals surface area contributed by atoms with Gasteiger partial charge in [-0.1, -0.05) is 30.4 Å². The number of alkyl halides is 3. The SMILES string of the molecule is CN1CC=C(C=Cc2ccc(C=O)n2C)c2ccccc21.O=S(=O)(O)C(F)(F)F. The van der Waals surface area contributed by atoms with E-state index >= 15 is 0 Å². The topological polar surface area (TPSA) is 79.6 Å². The number of anilines is 1. The number of hydrogen-bond donors (Lipinski definition) is 1. The first-order chi connectivity index (χ1) is 13.5. The number of nitrogens with zero attached hydrogens (tertiary/aromatic N) is 2. The molecular formula is C19H19F3N2O4S. The molecule has 0 bridgehead atoms. The zero-order valence-electron chi connectivity index (χ0n) is 15.6. The lowest BCUT2D eigenvalue weighted by Gasteiger charge is -2.26. The van der Waals surface area contributed by atoms with Gasteiger partial charge < -0.3 is 9.47 Å². The van der Waals surface area contributed by atoms with E-state index in [1.807, 2.05) is 23.7 Å².